The minimum absolute atomic E-state index is 0.265. The van der Waals surface area contributed by atoms with Crippen molar-refractivity contribution in [3.8, 4) is 17.2 Å². The van der Waals surface area contributed by atoms with Gasteiger partial charge in [-0.25, -0.2) is 8.42 Å². The van der Waals surface area contributed by atoms with Crippen LogP contribution in [0.3, 0.4) is 0 Å². The van der Waals surface area contributed by atoms with E-state index in [2.05, 4.69) is 0 Å². The van der Waals surface area contributed by atoms with Crippen molar-refractivity contribution < 1.29 is 22.6 Å². The first-order chi connectivity index (χ1) is 12.9. The number of nitrogens with zero attached hydrogens (tertiary/aromatic N) is 1. The molecular formula is C20H25NO5S. The third-order valence-electron chi connectivity index (χ3n) is 4.87. The van der Waals surface area contributed by atoms with E-state index in [4.69, 9.17) is 14.2 Å². The van der Waals surface area contributed by atoms with Crippen LogP contribution in [0.25, 0.3) is 0 Å². The molecule has 2 aromatic rings. The van der Waals surface area contributed by atoms with Crippen molar-refractivity contribution in [2.75, 3.05) is 27.4 Å². The molecule has 0 N–H and O–H groups in total. The highest BCUT2D eigenvalue weighted by Gasteiger charge is 2.34. The van der Waals surface area contributed by atoms with Gasteiger partial charge in [0.1, 0.15) is 5.75 Å². The van der Waals surface area contributed by atoms with Crippen LogP contribution in [0.15, 0.2) is 41.3 Å². The zero-order valence-electron chi connectivity index (χ0n) is 16.1. The Balaban J connectivity index is 1.94. The van der Waals surface area contributed by atoms with Crippen LogP contribution >= 0.6 is 0 Å². The van der Waals surface area contributed by atoms with E-state index >= 15 is 0 Å². The van der Waals surface area contributed by atoms with Gasteiger partial charge in [-0.15, -0.1) is 0 Å². The molecule has 0 saturated heterocycles. The third kappa shape index (κ3) is 3.61. The molecule has 6 nitrogen and oxygen atoms in total. The monoisotopic (exact) mass is 391 g/mol. The molecule has 0 radical (unpaired) electrons. The summed E-state index contributed by atoms with van der Waals surface area (Å²) in [4.78, 5) is 0.265. The van der Waals surface area contributed by atoms with Crippen LogP contribution in [0.5, 0.6) is 17.2 Å². The van der Waals surface area contributed by atoms with Crippen molar-refractivity contribution >= 4 is 10.0 Å². The normalized spacial score (nSPS) is 17.3. The Morgan fingerprint density at radius 3 is 2.30 bits per heavy atom. The van der Waals surface area contributed by atoms with Crippen molar-refractivity contribution in [1.82, 2.24) is 4.31 Å². The second-order valence-electron chi connectivity index (χ2n) is 6.35. The number of hydrogen-bond acceptors (Lipinski definition) is 5. The molecule has 1 aliphatic heterocycles. The molecule has 2 aromatic carbocycles. The number of benzene rings is 2. The van der Waals surface area contributed by atoms with E-state index in [-0.39, 0.29) is 10.9 Å². The van der Waals surface area contributed by atoms with Gasteiger partial charge < -0.3 is 14.2 Å². The molecule has 0 unspecified atom stereocenters. The lowest BCUT2D eigenvalue weighted by Gasteiger charge is -2.34. The largest absolute Gasteiger partial charge is 0.494 e. The van der Waals surface area contributed by atoms with Crippen LogP contribution in [0, 0.1) is 0 Å². The molecule has 146 valence electrons. The second-order valence-corrected chi connectivity index (χ2v) is 8.24. The van der Waals surface area contributed by atoms with Crippen LogP contribution < -0.4 is 14.2 Å². The maximum absolute atomic E-state index is 13.2. The van der Waals surface area contributed by atoms with E-state index in [9.17, 15) is 8.42 Å². The van der Waals surface area contributed by atoms with Crippen molar-refractivity contribution in [1.29, 1.82) is 0 Å². The fourth-order valence-corrected chi connectivity index (χ4v) is 5.07. The first-order valence-electron chi connectivity index (χ1n) is 8.91. The molecular weight excluding hydrogens is 366 g/mol. The highest BCUT2D eigenvalue weighted by molar-refractivity contribution is 7.89. The lowest BCUT2D eigenvalue weighted by molar-refractivity contribution is 0.318. The smallest absolute Gasteiger partial charge is 0.243 e. The predicted molar refractivity (Wildman–Crippen MR) is 103 cm³/mol. The number of fused-ring (bicyclic) bond motifs is 1. The van der Waals surface area contributed by atoms with Gasteiger partial charge in [0, 0.05) is 12.6 Å². The Morgan fingerprint density at radius 1 is 1.07 bits per heavy atom. The Bertz CT molecular complexity index is 909. The molecule has 27 heavy (non-hydrogen) atoms. The maximum Gasteiger partial charge on any atom is 0.243 e. The van der Waals surface area contributed by atoms with Crippen LogP contribution in [-0.2, 0) is 16.4 Å². The average molecular weight is 391 g/mol. The van der Waals surface area contributed by atoms with Crippen molar-refractivity contribution in [2.24, 2.45) is 0 Å². The molecule has 1 atom stereocenters. The van der Waals surface area contributed by atoms with E-state index in [0.29, 0.717) is 36.8 Å². The minimum Gasteiger partial charge on any atom is -0.494 e. The van der Waals surface area contributed by atoms with E-state index in [1.54, 1.807) is 38.5 Å². The van der Waals surface area contributed by atoms with Gasteiger partial charge in [-0.1, -0.05) is 0 Å². The van der Waals surface area contributed by atoms with E-state index in [1.807, 2.05) is 26.0 Å². The summed E-state index contributed by atoms with van der Waals surface area (Å²) in [7, 11) is -0.443. The molecule has 3 rings (SSSR count). The Kier molecular flexibility index (Phi) is 5.62. The van der Waals surface area contributed by atoms with Gasteiger partial charge in [-0.3, -0.25) is 0 Å². The number of ether oxygens (including phenoxy) is 3. The zero-order valence-corrected chi connectivity index (χ0v) is 16.9. The lowest BCUT2D eigenvalue weighted by atomic mass is 9.94. The number of methoxy groups -OCH3 is 2. The zero-order chi connectivity index (χ0) is 19.6. The summed E-state index contributed by atoms with van der Waals surface area (Å²) in [5.41, 5.74) is 2.02. The molecule has 1 heterocycles. The maximum atomic E-state index is 13.2. The summed E-state index contributed by atoms with van der Waals surface area (Å²) in [6.07, 6.45) is 0.621. The Hall–Kier alpha value is -2.25. The molecule has 0 spiro atoms. The quantitative estimate of drug-likeness (QED) is 0.755. The van der Waals surface area contributed by atoms with E-state index in [1.165, 1.54) is 4.31 Å². The molecule has 0 bridgehead atoms. The molecule has 0 amide bonds. The van der Waals surface area contributed by atoms with Crippen LogP contribution in [0.2, 0.25) is 0 Å². The van der Waals surface area contributed by atoms with Crippen LogP contribution in [0.1, 0.15) is 31.0 Å². The highest BCUT2D eigenvalue weighted by atomic mass is 32.2. The fraction of sp³-hybridized carbons (Fsp3) is 0.400. The van der Waals surface area contributed by atoms with Crippen molar-refractivity contribution in [3.63, 3.8) is 0 Å². The predicted octanol–water partition coefficient (Wildman–Crippen LogP) is 3.41. The molecule has 7 heteroatoms. The standard InChI is InChI=1S/C20H25NO5S/c1-5-26-16-6-8-17(9-7-16)27(22,23)21-11-10-15-12-19(24-3)20(25-4)13-18(15)14(21)2/h6-9,12-14H,5,10-11H2,1-4H3/t14-/m1/s1. The van der Waals surface area contributed by atoms with Gasteiger partial charge >= 0.3 is 0 Å². The molecule has 0 saturated carbocycles. The van der Waals surface area contributed by atoms with Crippen molar-refractivity contribution in [3.05, 3.63) is 47.5 Å². The fourth-order valence-electron chi connectivity index (χ4n) is 3.46. The second kappa shape index (κ2) is 7.78. The Morgan fingerprint density at radius 2 is 1.70 bits per heavy atom. The summed E-state index contributed by atoms with van der Waals surface area (Å²) < 4.78 is 44.1. The SMILES string of the molecule is CCOc1ccc(S(=O)(=O)N2CCc3cc(OC)c(OC)cc3[C@H]2C)cc1. The number of hydrogen-bond donors (Lipinski definition) is 0. The van der Waals surface area contributed by atoms with Gasteiger partial charge in [-0.05, 0) is 67.8 Å². The topological polar surface area (TPSA) is 65.1 Å². The molecule has 0 aliphatic carbocycles. The van der Waals surface area contributed by atoms with Gasteiger partial charge in [-0.2, -0.15) is 4.31 Å². The summed E-state index contributed by atoms with van der Waals surface area (Å²) in [5, 5.41) is 0. The van der Waals surface area contributed by atoms with Gasteiger partial charge in [0.15, 0.2) is 11.5 Å². The first kappa shape index (κ1) is 19.5. The van der Waals surface area contributed by atoms with Crippen molar-refractivity contribution in [2.45, 2.75) is 31.2 Å². The molecule has 0 aromatic heterocycles. The van der Waals surface area contributed by atoms with Gasteiger partial charge in [0.2, 0.25) is 10.0 Å². The summed E-state index contributed by atoms with van der Waals surface area (Å²) in [6.45, 7) is 4.74. The Labute approximate surface area is 160 Å². The van der Waals surface area contributed by atoms with Crippen LogP contribution in [0.4, 0.5) is 0 Å². The summed E-state index contributed by atoms with van der Waals surface area (Å²) >= 11 is 0. The highest BCUT2D eigenvalue weighted by Crippen LogP contribution is 2.39. The first-order valence-corrected chi connectivity index (χ1v) is 10.4. The minimum atomic E-state index is -3.62. The van der Waals surface area contributed by atoms with Crippen LogP contribution in [-0.4, -0.2) is 40.1 Å². The van der Waals surface area contributed by atoms with Gasteiger partial charge in [0.05, 0.1) is 25.7 Å². The lowest BCUT2D eigenvalue weighted by Crippen LogP contribution is -2.38. The summed E-state index contributed by atoms with van der Waals surface area (Å²) in [5.74, 6) is 1.92. The third-order valence-corrected chi connectivity index (χ3v) is 6.85. The number of rotatable bonds is 6. The number of sulfonamides is 1. The average Bonchev–Trinajstić information content (AvgIpc) is 2.67. The molecule has 1 aliphatic rings. The van der Waals surface area contributed by atoms with E-state index in [0.717, 1.165) is 11.1 Å². The summed E-state index contributed by atoms with van der Waals surface area (Å²) in [6, 6.07) is 10.1. The van der Waals surface area contributed by atoms with E-state index < -0.39 is 10.0 Å². The van der Waals surface area contributed by atoms with Gasteiger partial charge in [0.25, 0.3) is 0 Å². The molecule has 0 fully saturated rings.